The maximum Gasteiger partial charge on any atom is 0.419 e. The number of hydrogen-bond acceptors (Lipinski definition) is 8. The molecule has 3 aromatic rings. The molecule has 7 nitrogen and oxygen atoms in total. The van der Waals surface area contributed by atoms with Crippen LogP contribution in [-0.2, 0) is 17.1 Å². The molecule has 0 bridgehead atoms. The summed E-state index contributed by atoms with van der Waals surface area (Å²) in [6.07, 6.45) is -6.60. The smallest absolute Gasteiger partial charge is 0.419 e. The fourth-order valence-corrected chi connectivity index (χ4v) is 5.60. The molecule has 44 heavy (non-hydrogen) atoms. The zero-order chi connectivity index (χ0) is 31.7. The predicted molar refractivity (Wildman–Crippen MR) is 153 cm³/mol. The summed E-state index contributed by atoms with van der Waals surface area (Å²) in [7, 11) is 0. The van der Waals surface area contributed by atoms with E-state index in [9.17, 15) is 31.1 Å². The Hall–Kier alpha value is -3.52. The third kappa shape index (κ3) is 9.24. The molecular weight excluding hydrogens is 612 g/mol. The lowest BCUT2D eigenvalue weighted by Gasteiger charge is -2.32. The number of rotatable bonds is 7. The molecule has 240 valence electrons. The number of piperidine rings is 2. The van der Waals surface area contributed by atoms with E-state index in [4.69, 9.17) is 14.2 Å². The van der Waals surface area contributed by atoms with Crippen molar-refractivity contribution in [2.45, 2.75) is 57.2 Å². The molecule has 2 saturated heterocycles. The molecule has 1 N–H and O–H groups in total. The van der Waals surface area contributed by atoms with E-state index in [-0.39, 0.29) is 36.0 Å². The summed E-state index contributed by atoms with van der Waals surface area (Å²) >= 11 is 1.35. The van der Waals surface area contributed by atoms with Crippen molar-refractivity contribution in [3.05, 3.63) is 70.7 Å². The van der Waals surface area contributed by atoms with Gasteiger partial charge in [-0.05, 0) is 57.1 Å². The fourth-order valence-electron chi connectivity index (χ4n) is 4.75. The number of anilines is 1. The molecule has 14 heteroatoms. The van der Waals surface area contributed by atoms with Crippen LogP contribution in [0.25, 0.3) is 0 Å². The zero-order valence-electron chi connectivity index (χ0n) is 23.9. The molecule has 5 rings (SSSR count). The highest BCUT2D eigenvalue weighted by Crippen LogP contribution is 2.38. The third-order valence-electron chi connectivity index (χ3n) is 6.95. The van der Waals surface area contributed by atoms with Gasteiger partial charge in [0.1, 0.15) is 23.7 Å². The Balaban J connectivity index is 0.000000223. The Morgan fingerprint density at radius 3 is 1.86 bits per heavy atom. The van der Waals surface area contributed by atoms with Crippen LogP contribution in [0.4, 0.5) is 31.5 Å². The summed E-state index contributed by atoms with van der Waals surface area (Å²) in [5.74, 6) is -0.656. The lowest BCUT2D eigenvalue weighted by Crippen LogP contribution is -2.38. The molecule has 0 atom stereocenters. The van der Waals surface area contributed by atoms with E-state index in [2.05, 4.69) is 10.3 Å². The van der Waals surface area contributed by atoms with Crippen LogP contribution in [0.15, 0.2) is 53.9 Å². The van der Waals surface area contributed by atoms with Crippen molar-refractivity contribution in [3.8, 4) is 11.5 Å². The van der Waals surface area contributed by atoms with Crippen LogP contribution >= 0.6 is 11.3 Å². The van der Waals surface area contributed by atoms with Crippen molar-refractivity contribution in [2.24, 2.45) is 0 Å². The minimum absolute atomic E-state index is 0.0631. The van der Waals surface area contributed by atoms with Crippen molar-refractivity contribution in [1.29, 1.82) is 0 Å². The summed E-state index contributed by atoms with van der Waals surface area (Å²) < 4.78 is 93.4. The number of nitrogens with one attached hydrogen (secondary N) is 1. The summed E-state index contributed by atoms with van der Waals surface area (Å²) in [6, 6.07) is 10.6. The Kier molecular flexibility index (Phi) is 11.4. The lowest BCUT2D eigenvalue weighted by molar-refractivity contribution is -0.140. The standard InChI is InChI=1S/C18H19F3N2O3S.C12H14F3NO/c1-2-25-16(24)14-11-27-17(22-14)23-9-7-12(8-10-23)26-15-6-4-3-5-13(15)18(19,20)21;13-12(14,15)10-3-1-2-4-11(10)17-9-5-7-16-8-6-9/h3-6,11-12H,2,7-10H2,1H3;1-4,9,16H,5-8H2. The minimum Gasteiger partial charge on any atom is -0.490 e. The average molecular weight is 646 g/mol. The molecule has 0 spiro atoms. The molecule has 0 saturated carbocycles. The van der Waals surface area contributed by atoms with Crippen LogP contribution in [0.2, 0.25) is 0 Å². The summed E-state index contributed by atoms with van der Waals surface area (Å²) in [5.41, 5.74) is -1.18. The predicted octanol–water partition coefficient (Wildman–Crippen LogP) is 7.22. The van der Waals surface area contributed by atoms with E-state index >= 15 is 0 Å². The number of carbonyl (C=O) groups excluding carboxylic acids is 1. The third-order valence-corrected chi connectivity index (χ3v) is 7.85. The van der Waals surface area contributed by atoms with Crippen LogP contribution in [0.5, 0.6) is 11.5 Å². The quantitative estimate of drug-likeness (QED) is 0.215. The van der Waals surface area contributed by atoms with Gasteiger partial charge in [0.15, 0.2) is 10.8 Å². The molecule has 0 radical (unpaired) electrons. The molecule has 0 unspecified atom stereocenters. The Bertz CT molecular complexity index is 1350. The van der Waals surface area contributed by atoms with Crippen molar-refractivity contribution >= 4 is 22.4 Å². The molecule has 2 aliphatic rings. The number of nitrogens with zero attached hydrogens (tertiary/aromatic N) is 2. The van der Waals surface area contributed by atoms with E-state index in [0.29, 0.717) is 31.1 Å². The molecule has 2 fully saturated rings. The SMILES string of the molecule is CCOC(=O)c1csc(N2CCC(Oc3ccccc3C(F)(F)F)CC2)n1.FC(F)(F)c1ccccc1OC1CCNCC1. The molecule has 0 aliphatic carbocycles. The number of aromatic nitrogens is 1. The minimum atomic E-state index is -4.44. The number of benzene rings is 2. The van der Waals surface area contributed by atoms with Gasteiger partial charge in [0.2, 0.25) is 0 Å². The van der Waals surface area contributed by atoms with Crippen molar-refractivity contribution < 1.29 is 45.3 Å². The van der Waals surface area contributed by atoms with E-state index in [1.807, 2.05) is 4.90 Å². The number of esters is 1. The normalized spacial score (nSPS) is 16.6. The molecular formula is C30H33F6N3O4S. The van der Waals surface area contributed by atoms with Gasteiger partial charge in [-0.3, -0.25) is 0 Å². The Labute approximate surface area is 255 Å². The number of ether oxygens (including phenoxy) is 3. The van der Waals surface area contributed by atoms with Gasteiger partial charge in [-0.1, -0.05) is 24.3 Å². The molecule has 0 amide bonds. The highest BCUT2D eigenvalue weighted by atomic mass is 32.1. The van der Waals surface area contributed by atoms with Crippen molar-refractivity contribution in [2.75, 3.05) is 37.7 Å². The lowest BCUT2D eigenvalue weighted by atomic mass is 10.1. The van der Waals surface area contributed by atoms with Gasteiger partial charge in [0.25, 0.3) is 0 Å². The number of alkyl halides is 6. The highest BCUT2D eigenvalue weighted by Gasteiger charge is 2.36. The number of carbonyl (C=O) groups is 1. The van der Waals surface area contributed by atoms with Crippen molar-refractivity contribution in [3.63, 3.8) is 0 Å². The van der Waals surface area contributed by atoms with Gasteiger partial charge in [-0.25, -0.2) is 9.78 Å². The van der Waals surface area contributed by atoms with E-state index < -0.39 is 29.4 Å². The van der Waals surface area contributed by atoms with E-state index in [1.54, 1.807) is 18.4 Å². The Morgan fingerprint density at radius 2 is 1.36 bits per heavy atom. The number of halogens is 6. The first-order valence-electron chi connectivity index (χ1n) is 14.2. The van der Waals surface area contributed by atoms with Crippen LogP contribution < -0.4 is 19.7 Å². The van der Waals surface area contributed by atoms with Gasteiger partial charge in [-0.2, -0.15) is 26.3 Å². The summed E-state index contributed by atoms with van der Waals surface area (Å²) in [5, 5.41) is 5.49. The average Bonchev–Trinajstić information content (AvgIpc) is 3.49. The molecule has 1 aromatic heterocycles. The second-order valence-electron chi connectivity index (χ2n) is 10.1. The van der Waals surface area contributed by atoms with Gasteiger partial charge >= 0.3 is 18.3 Å². The molecule has 2 aliphatic heterocycles. The van der Waals surface area contributed by atoms with Gasteiger partial charge < -0.3 is 24.4 Å². The second-order valence-corrected chi connectivity index (χ2v) is 10.9. The summed E-state index contributed by atoms with van der Waals surface area (Å²) in [4.78, 5) is 18.0. The Morgan fingerprint density at radius 1 is 0.864 bits per heavy atom. The number of para-hydroxylation sites is 2. The van der Waals surface area contributed by atoms with Crippen LogP contribution in [0, 0.1) is 0 Å². The number of hydrogen-bond donors (Lipinski definition) is 1. The van der Waals surface area contributed by atoms with Crippen LogP contribution in [0.1, 0.15) is 54.2 Å². The zero-order valence-corrected chi connectivity index (χ0v) is 24.7. The second kappa shape index (κ2) is 15.0. The van der Waals surface area contributed by atoms with Gasteiger partial charge in [-0.15, -0.1) is 11.3 Å². The highest BCUT2D eigenvalue weighted by molar-refractivity contribution is 7.13. The van der Waals surface area contributed by atoms with Crippen LogP contribution in [0.3, 0.4) is 0 Å². The largest absolute Gasteiger partial charge is 0.490 e. The van der Waals surface area contributed by atoms with Gasteiger partial charge in [0.05, 0.1) is 17.7 Å². The topological polar surface area (TPSA) is 72.9 Å². The number of thiazole rings is 1. The maximum atomic E-state index is 13.1. The van der Waals surface area contributed by atoms with Crippen molar-refractivity contribution in [1.82, 2.24) is 10.3 Å². The van der Waals surface area contributed by atoms with E-state index in [1.165, 1.54) is 41.7 Å². The summed E-state index contributed by atoms with van der Waals surface area (Å²) in [6.45, 7) is 4.78. The first kappa shape index (κ1) is 33.4. The van der Waals surface area contributed by atoms with Crippen LogP contribution in [-0.4, -0.2) is 55.9 Å². The van der Waals surface area contributed by atoms with Gasteiger partial charge in [0, 0.05) is 31.3 Å². The fraction of sp³-hybridized carbons (Fsp3) is 0.467. The monoisotopic (exact) mass is 645 g/mol. The molecule has 3 heterocycles. The van der Waals surface area contributed by atoms with E-state index in [0.717, 1.165) is 38.1 Å². The first-order chi connectivity index (χ1) is 21.0. The maximum absolute atomic E-state index is 13.1. The molecule has 2 aromatic carbocycles. The first-order valence-corrected chi connectivity index (χ1v) is 15.1.